The molecule has 0 rings (SSSR count). The summed E-state index contributed by atoms with van der Waals surface area (Å²) in [5.41, 5.74) is -1.16. The molecule has 0 aromatic heterocycles. The maximum absolute atomic E-state index is 11.6. The monoisotopic (exact) mass is 204 g/mol. The average molecular weight is 204 g/mol. The minimum atomic E-state index is -1.16. The molecular formula is C10H20O4. The van der Waals surface area contributed by atoms with E-state index in [0.717, 1.165) is 6.42 Å². The summed E-state index contributed by atoms with van der Waals surface area (Å²) < 4.78 is 4.94. The fraction of sp³-hybridized carbons (Fsp3) is 0.900. The first-order chi connectivity index (χ1) is 6.55. The molecule has 0 aromatic rings. The van der Waals surface area contributed by atoms with Gasteiger partial charge in [0.15, 0.2) is 0 Å². The summed E-state index contributed by atoms with van der Waals surface area (Å²) >= 11 is 0. The van der Waals surface area contributed by atoms with Crippen LogP contribution in [0, 0.1) is 11.3 Å². The van der Waals surface area contributed by atoms with E-state index in [2.05, 4.69) is 0 Å². The zero-order chi connectivity index (χ0) is 11.2. The zero-order valence-corrected chi connectivity index (χ0v) is 9.12. The Morgan fingerprint density at radius 2 is 1.86 bits per heavy atom. The van der Waals surface area contributed by atoms with E-state index in [1.807, 2.05) is 6.92 Å². The molecule has 4 heteroatoms. The highest BCUT2D eigenvalue weighted by atomic mass is 16.5. The van der Waals surface area contributed by atoms with Crippen molar-refractivity contribution < 1.29 is 19.7 Å². The van der Waals surface area contributed by atoms with E-state index in [0.29, 0.717) is 6.61 Å². The van der Waals surface area contributed by atoms with Gasteiger partial charge >= 0.3 is 5.97 Å². The van der Waals surface area contributed by atoms with Crippen LogP contribution in [0.3, 0.4) is 0 Å². The van der Waals surface area contributed by atoms with Crippen molar-refractivity contribution in [2.24, 2.45) is 11.3 Å². The first-order valence-electron chi connectivity index (χ1n) is 4.94. The Morgan fingerprint density at radius 1 is 1.36 bits per heavy atom. The van der Waals surface area contributed by atoms with E-state index in [4.69, 9.17) is 14.9 Å². The number of carbonyl (C=O) groups is 1. The third kappa shape index (κ3) is 2.69. The normalized spacial score (nSPS) is 11.9. The molecule has 0 saturated heterocycles. The van der Waals surface area contributed by atoms with Crippen LogP contribution < -0.4 is 0 Å². The Hall–Kier alpha value is -0.610. The minimum Gasteiger partial charge on any atom is -0.465 e. The van der Waals surface area contributed by atoms with E-state index >= 15 is 0 Å². The number of rotatable bonds is 6. The van der Waals surface area contributed by atoms with Crippen molar-refractivity contribution in [2.75, 3.05) is 19.8 Å². The van der Waals surface area contributed by atoms with Crippen molar-refractivity contribution in [3.05, 3.63) is 0 Å². The third-order valence-electron chi connectivity index (χ3n) is 2.51. The summed E-state index contributed by atoms with van der Waals surface area (Å²) in [6.07, 6.45) is 0.733. The molecule has 0 aliphatic carbocycles. The van der Waals surface area contributed by atoms with Crippen LogP contribution in [0.1, 0.15) is 27.2 Å². The van der Waals surface area contributed by atoms with Gasteiger partial charge in [-0.05, 0) is 12.3 Å². The second kappa shape index (κ2) is 5.98. The predicted octanol–water partition coefficient (Wildman–Crippen LogP) is 0.567. The lowest BCUT2D eigenvalue weighted by atomic mass is 9.78. The molecule has 0 aromatic carbocycles. The van der Waals surface area contributed by atoms with Crippen molar-refractivity contribution in [2.45, 2.75) is 27.2 Å². The fourth-order valence-corrected chi connectivity index (χ4v) is 1.12. The van der Waals surface area contributed by atoms with Gasteiger partial charge in [-0.15, -0.1) is 0 Å². The lowest BCUT2D eigenvalue weighted by molar-refractivity contribution is -0.165. The lowest BCUT2D eigenvalue weighted by Crippen LogP contribution is -2.44. The second-order valence-corrected chi connectivity index (χ2v) is 3.76. The SMILES string of the molecule is CCCOC(=O)C(CO)(CO)C(C)C. The van der Waals surface area contributed by atoms with Crippen LogP contribution in [-0.2, 0) is 9.53 Å². The lowest BCUT2D eigenvalue weighted by Gasteiger charge is -2.31. The first-order valence-corrected chi connectivity index (χ1v) is 4.94. The minimum absolute atomic E-state index is 0.151. The van der Waals surface area contributed by atoms with Gasteiger partial charge in [0.1, 0.15) is 5.41 Å². The van der Waals surface area contributed by atoms with Gasteiger partial charge in [-0.2, -0.15) is 0 Å². The summed E-state index contributed by atoms with van der Waals surface area (Å²) in [7, 11) is 0. The molecule has 0 fully saturated rings. The second-order valence-electron chi connectivity index (χ2n) is 3.76. The molecule has 0 atom stereocenters. The van der Waals surface area contributed by atoms with Crippen LogP contribution in [0.15, 0.2) is 0 Å². The summed E-state index contributed by atoms with van der Waals surface area (Å²) in [6, 6.07) is 0. The van der Waals surface area contributed by atoms with Crippen LogP contribution in [0.5, 0.6) is 0 Å². The van der Waals surface area contributed by atoms with Gasteiger partial charge in [0.25, 0.3) is 0 Å². The number of carbonyl (C=O) groups excluding carboxylic acids is 1. The molecule has 0 heterocycles. The Bertz CT molecular complexity index is 173. The molecule has 84 valence electrons. The topological polar surface area (TPSA) is 66.8 Å². The Labute approximate surface area is 84.9 Å². The summed E-state index contributed by atoms with van der Waals surface area (Å²) in [4.78, 5) is 11.6. The molecule has 0 aliphatic heterocycles. The van der Waals surface area contributed by atoms with E-state index < -0.39 is 11.4 Å². The molecular weight excluding hydrogens is 184 g/mol. The highest BCUT2D eigenvalue weighted by Gasteiger charge is 2.42. The highest BCUT2D eigenvalue weighted by Crippen LogP contribution is 2.28. The predicted molar refractivity (Wildman–Crippen MR) is 52.7 cm³/mol. The summed E-state index contributed by atoms with van der Waals surface area (Å²) in [6.45, 7) is 5.00. The number of hydrogen-bond donors (Lipinski definition) is 2. The maximum atomic E-state index is 11.6. The van der Waals surface area contributed by atoms with Crippen molar-refractivity contribution in [1.29, 1.82) is 0 Å². The van der Waals surface area contributed by atoms with Crippen LogP contribution in [0.2, 0.25) is 0 Å². The number of aliphatic hydroxyl groups excluding tert-OH is 2. The molecule has 0 aliphatic rings. The average Bonchev–Trinajstić information content (AvgIpc) is 2.17. The maximum Gasteiger partial charge on any atom is 0.317 e. The van der Waals surface area contributed by atoms with Crippen molar-refractivity contribution in [3.63, 3.8) is 0 Å². The first kappa shape index (κ1) is 13.4. The van der Waals surface area contributed by atoms with Crippen molar-refractivity contribution in [1.82, 2.24) is 0 Å². The Morgan fingerprint density at radius 3 is 2.14 bits per heavy atom. The molecule has 4 nitrogen and oxygen atoms in total. The molecule has 0 spiro atoms. The molecule has 0 saturated carbocycles. The van der Waals surface area contributed by atoms with E-state index in [1.165, 1.54) is 0 Å². The van der Waals surface area contributed by atoms with Crippen LogP contribution in [0.25, 0.3) is 0 Å². The summed E-state index contributed by atoms with van der Waals surface area (Å²) in [5, 5.41) is 18.3. The standard InChI is InChI=1S/C10H20O4/c1-4-5-14-9(13)10(6-11,7-12)8(2)3/h8,11-12H,4-7H2,1-3H3. The van der Waals surface area contributed by atoms with Crippen LogP contribution in [-0.4, -0.2) is 36.0 Å². The van der Waals surface area contributed by atoms with Crippen molar-refractivity contribution in [3.8, 4) is 0 Å². The number of aliphatic hydroxyl groups is 2. The molecule has 0 amide bonds. The Kier molecular flexibility index (Phi) is 5.72. The van der Waals surface area contributed by atoms with Crippen molar-refractivity contribution >= 4 is 5.97 Å². The molecule has 0 unspecified atom stereocenters. The zero-order valence-electron chi connectivity index (χ0n) is 9.12. The van der Waals surface area contributed by atoms with E-state index in [-0.39, 0.29) is 19.1 Å². The van der Waals surface area contributed by atoms with E-state index in [9.17, 15) is 4.79 Å². The molecule has 14 heavy (non-hydrogen) atoms. The number of ether oxygens (including phenoxy) is 1. The smallest absolute Gasteiger partial charge is 0.317 e. The van der Waals surface area contributed by atoms with Gasteiger partial charge in [0.05, 0.1) is 19.8 Å². The van der Waals surface area contributed by atoms with Gasteiger partial charge in [-0.3, -0.25) is 4.79 Å². The van der Waals surface area contributed by atoms with Gasteiger partial charge in [-0.25, -0.2) is 0 Å². The number of esters is 1. The van der Waals surface area contributed by atoms with Gasteiger partial charge in [0, 0.05) is 0 Å². The molecule has 0 bridgehead atoms. The van der Waals surface area contributed by atoms with Crippen LogP contribution in [0.4, 0.5) is 0 Å². The fourth-order valence-electron chi connectivity index (χ4n) is 1.12. The molecule has 2 N–H and O–H groups in total. The van der Waals surface area contributed by atoms with Gasteiger partial charge in [-0.1, -0.05) is 20.8 Å². The highest BCUT2D eigenvalue weighted by molar-refractivity contribution is 5.77. The van der Waals surface area contributed by atoms with Gasteiger partial charge in [0.2, 0.25) is 0 Å². The van der Waals surface area contributed by atoms with E-state index in [1.54, 1.807) is 13.8 Å². The van der Waals surface area contributed by atoms with Crippen LogP contribution >= 0.6 is 0 Å². The largest absolute Gasteiger partial charge is 0.465 e. The number of hydrogen-bond acceptors (Lipinski definition) is 4. The third-order valence-corrected chi connectivity index (χ3v) is 2.51. The quantitative estimate of drug-likeness (QED) is 0.621. The summed E-state index contributed by atoms with van der Waals surface area (Å²) in [5.74, 6) is -0.666. The van der Waals surface area contributed by atoms with Gasteiger partial charge < -0.3 is 14.9 Å². The Balaban J connectivity index is 4.54. The molecule has 0 radical (unpaired) electrons.